The molecule has 0 saturated heterocycles. The number of esters is 1. The Labute approximate surface area is 106 Å². The molecular formula is C14H16N2O2. The van der Waals surface area contributed by atoms with Gasteiger partial charge in [0.2, 0.25) is 0 Å². The molecule has 1 aromatic heterocycles. The minimum atomic E-state index is -0.402. The Morgan fingerprint density at radius 2 is 2.11 bits per heavy atom. The van der Waals surface area contributed by atoms with Crippen molar-refractivity contribution in [3.8, 4) is 0 Å². The summed E-state index contributed by atoms with van der Waals surface area (Å²) in [6.45, 7) is 2.09. The highest BCUT2D eigenvalue weighted by molar-refractivity contribution is 5.86. The average Bonchev–Trinajstić information content (AvgIpc) is 2.88. The van der Waals surface area contributed by atoms with Crippen LogP contribution in [0.4, 0.5) is 0 Å². The third-order valence-corrected chi connectivity index (χ3v) is 2.88. The van der Waals surface area contributed by atoms with Crippen LogP contribution < -0.4 is 0 Å². The second-order valence-electron chi connectivity index (χ2n) is 4.24. The lowest BCUT2D eigenvalue weighted by Gasteiger charge is -2.12. The number of imidazole rings is 1. The molecule has 1 unspecified atom stereocenters. The first-order chi connectivity index (χ1) is 8.70. The van der Waals surface area contributed by atoms with Gasteiger partial charge in [0, 0.05) is 12.2 Å². The number of methoxy groups -OCH3 is 1. The summed E-state index contributed by atoms with van der Waals surface area (Å²) in [6, 6.07) is 10.5. The summed E-state index contributed by atoms with van der Waals surface area (Å²) >= 11 is 0. The molecule has 0 N–H and O–H groups in total. The predicted octanol–water partition coefficient (Wildman–Crippen LogP) is 2.47. The molecule has 1 atom stereocenters. The molecule has 4 nitrogen and oxygen atoms in total. The number of hydrogen-bond donors (Lipinski definition) is 0. The van der Waals surface area contributed by atoms with Gasteiger partial charge in [0.25, 0.3) is 0 Å². The maximum atomic E-state index is 11.3. The summed E-state index contributed by atoms with van der Waals surface area (Å²) in [5.74, 6) is -0.402. The Bertz CT molecular complexity index is 520. The first-order valence-corrected chi connectivity index (χ1v) is 5.86. The fourth-order valence-corrected chi connectivity index (χ4v) is 1.85. The van der Waals surface area contributed by atoms with Crippen LogP contribution in [-0.4, -0.2) is 22.6 Å². The zero-order valence-corrected chi connectivity index (χ0v) is 10.5. The summed E-state index contributed by atoms with van der Waals surface area (Å²) < 4.78 is 6.56. The van der Waals surface area contributed by atoms with Gasteiger partial charge < -0.3 is 9.30 Å². The molecule has 0 bridgehead atoms. The molecule has 2 rings (SSSR count). The van der Waals surface area contributed by atoms with Gasteiger partial charge in [-0.3, -0.25) is 0 Å². The van der Waals surface area contributed by atoms with Crippen LogP contribution in [0, 0.1) is 0 Å². The molecule has 0 aliphatic rings. The van der Waals surface area contributed by atoms with Crippen LogP contribution in [0.5, 0.6) is 0 Å². The van der Waals surface area contributed by atoms with Crippen LogP contribution in [0.3, 0.4) is 0 Å². The Kier molecular flexibility index (Phi) is 3.77. The van der Waals surface area contributed by atoms with Crippen molar-refractivity contribution in [3.05, 3.63) is 54.1 Å². The number of carbonyl (C=O) groups excluding carboxylic acids is 1. The van der Waals surface area contributed by atoms with Crippen molar-refractivity contribution in [3.63, 3.8) is 0 Å². The van der Waals surface area contributed by atoms with E-state index < -0.39 is 5.97 Å². The lowest BCUT2D eigenvalue weighted by Crippen LogP contribution is -2.06. The highest BCUT2D eigenvalue weighted by Crippen LogP contribution is 2.14. The first kappa shape index (κ1) is 12.4. The third-order valence-electron chi connectivity index (χ3n) is 2.88. The second-order valence-corrected chi connectivity index (χ2v) is 4.24. The quantitative estimate of drug-likeness (QED) is 0.776. The fourth-order valence-electron chi connectivity index (χ4n) is 1.85. The first-order valence-electron chi connectivity index (χ1n) is 5.86. The van der Waals surface area contributed by atoms with E-state index in [0.717, 1.165) is 6.42 Å². The van der Waals surface area contributed by atoms with Crippen molar-refractivity contribution in [2.45, 2.75) is 19.4 Å². The van der Waals surface area contributed by atoms with Crippen molar-refractivity contribution < 1.29 is 9.53 Å². The molecule has 0 amide bonds. The molecule has 1 heterocycles. The van der Waals surface area contributed by atoms with Crippen molar-refractivity contribution in [1.82, 2.24) is 9.55 Å². The molecule has 2 aromatic rings. The fraction of sp³-hybridized carbons (Fsp3) is 0.286. The Balaban J connectivity index is 2.07. The molecule has 18 heavy (non-hydrogen) atoms. The van der Waals surface area contributed by atoms with Crippen LogP contribution >= 0.6 is 0 Å². The summed E-state index contributed by atoms with van der Waals surface area (Å²) in [4.78, 5) is 15.3. The van der Waals surface area contributed by atoms with E-state index in [2.05, 4.69) is 28.8 Å². The molecule has 0 aliphatic heterocycles. The number of nitrogens with zero attached hydrogens (tertiary/aromatic N) is 2. The van der Waals surface area contributed by atoms with Crippen LogP contribution in [0.1, 0.15) is 29.0 Å². The maximum absolute atomic E-state index is 11.3. The Morgan fingerprint density at radius 1 is 1.39 bits per heavy atom. The van der Waals surface area contributed by atoms with Crippen LogP contribution in [0.2, 0.25) is 0 Å². The molecule has 0 radical (unpaired) electrons. The van der Waals surface area contributed by atoms with Crippen molar-refractivity contribution in [2.75, 3.05) is 7.11 Å². The summed E-state index contributed by atoms with van der Waals surface area (Å²) in [5.41, 5.74) is 1.61. The molecule has 94 valence electrons. The number of aromatic nitrogens is 2. The average molecular weight is 244 g/mol. The van der Waals surface area contributed by atoms with Gasteiger partial charge in [0.15, 0.2) is 5.69 Å². The highest BCUT2D eigenvalue weighted by Gasteiger charge is 2.12. The number of carbonyl (C=O) groups is 1. The maximum Gasteiger partial charge on any atom is 0.358 e. The van der Waals surface area contributed by atoms with E-state index in [1.807, 2.05) is 22.8 Å². The second kappa shape index (κ2) is 5.49. The Morgan fingerprint density at radius 3 is 2.78 bits per heavy atom. The van der Waals surface area contributed by atoms with Crippen LogP contribution in [0.25, 0.3) is 0 Å². The van der Waals surface area contributed by atoms with Crippen molar-refractivity contribution >= 4 is 5.97 Å². The van der Waals surface area contributed by atoms with Gasteiger partial charge in [-0.25, -0.2) is 9.78 Å². The highest BCUT2D eigenvalue weighted by atomic mass is 16.5. The van der Waals surface area contributed by atoms with E-state index in [0.29, 0.717) is 5.69 Å². The number of benzene rings is 1. The minimum absolute atomic E-state index is 0.248. The van der Waals surface area contributed by atoms with E-state index in [4.69, 9.17) is 0 Å². The van der Waals surface area contributed by atoms with Gasteiger partial charge >= 0.3 is 5.97 Å². The van der Waals surface area contributed by atoms with E-state index in [1.54, 1.807) is 12.5 Å². The standard InChI is InChI=1S/C14H16N2O2/c1-11(8-12-6-4-3-5-7-12)16-9-13(15-10-16)14(17)18-2/h3-7,9-11H,8H2,1-2H3. The summed E-state index contributed by atoms with van der Waals surface area (Å²) in [5, 5.41) is 0. The number of ether oxygens (including phenoxy) is 1. The summed E-state index contributed by atoms with van der Waals surface area (Å²) in [7, 11) is 1.36. The van der Waals surface area contributed by atoms with Gasteiger partial charge in [0.1, 0.15) is 0 Å². The molecular weight excluding hydrogens is 228 g/mol. The topological polar surface area (TPSA) is 44.1 Å². The number of rotatable bonds is 4. The zero-order valence-electron chi connectivity index (χ0n) is 10.5. The van der Waals surface area contributed by atoms with E-state index >= 15 is 0 Å². The SMILES string of the molecule is COC(=O)c1cn(C(C)Cc2ccccc2)cn1. The smallest absolute Gasteiger partial charge is 0.358 e. The minimum Gasteiger partial charge on any atom is -0.464 e. The van der Waals surface area contributed by atoms with Crippen molar-refractivity contribution in [2.24, 2.45) is 0 Å². The molecule has 0 fully saturated rings. The molecule has 4 heteroatoms. The third kappa shape index (κ3) is 2.77. The predicted molar refractivity (Wildman–Crippen MR) is 68.4 cm³/mol. The zero-order chi connectivity index (χ0) is 13.0. The van der Waals surface area contributed by atoms with E-state index in [-0.39, 0.29) is 6.04 Å². The summed E-state index contributed by atoms with van der Waals surface area (Å²) in [6.07, 6.45) is 4.29. The molecule has 0 aliphatic carbocycles. The van der Waals surface area contributed by atoms with E-state index in [9.17, 15) is 4.79 Å². The van der Waals surface area contributed by atoms with Crippen molar-refractivity contribution in [1.29, 1.82) is 0 Å². The van der Waals surface area contributed by atoms with Gasteiger partial charge in [-0.1, -0.05) is 30.3 Å². The van der Waals surface area contributed by atoms with Gasteiger partial charge in [0.05, 0.1) is 13.4 Å². The molecule has 1 aromatic carbocycles. The monoisotopic (exact) mass is 244 g/mol. The van der Waals surface area contributed by atoms with E-state index in [1.165, 1.54) is 12.7 Å². The van der Waals surface area contributed by atoms with Crippen LogP contribution in [-0.2, 0) is 11.2 Å². The lowest BCUT2D eigenvalue weighted by atomic mass is 10.1. The van der Waals surface area contributed by atoms with Crippen LogP contribution in [0.15, 0.2) is 42.9 Å². The normalized spacial score (nSPS) is 12.1. The molecule has 0 saturated carbocycles. The molecule has 0 spiro atoms. The lowest BCUT2D eigenvalue weighted by molar-refractivity contribution is 0.0594. The Hall–Kier alpha value is -2.10. The van der Waals surface area contributed by atoms with Gasteiger partial charge in [-0.05, 0) is 18.9 Å². The van der Waals surface area contributed by atoms with Gasteiger partial charge in [-0.15, -0.1) is 0 Å². The number of hydrogen-bond acceptors (Lipinski definition) is 3. The van der Waals surface area contributed by atoms with Gasteiger partial charge in [-0.2, -0.15) is 0 Å². The largest absolute Gasteiger partial charge is 0.464 e.